The monoisotopic (exact) mass is 216 g/mol. The molecule has 0 aliphatic carbocycles. The molecule has 2 nitrogen and oxygen atoms in total. The number of nitriles is 1. The topological polar surface area (TPSA) is 27.0 Å². The molecule has 0 atom stereocenters. The van der Waals surface area contributed by atoms with Gasteiger partial charge >= 0.3 is 0 Å². The maximum absolute atomic E-state index is 8.66. The molecule has 0 fully saturated rings. The van der Waals surface area contributed by atoms with Crippen LogP contribution in [0.4, 0.5) is 0 Å². The molecule has 15 heavy (non-hydrogen) atoms. The lowest BCUT2D eigenvalue weighted by Gasteiger charge is -2.07. The summed E-state index contributed by atoms with van der Waals surface area (Å²) in [6, 6.07) is 8.40. The van der Waals surface area contributed by atoms with Gasteiger partial charge in [0.2, 0.25) is 0 Å². The highest BCUT2D eigenvalue weighted by molar-refractivity contribution is 7.17. The summed E-state index contributed by atoms with van der Waals surface area (Å²) in [4.78, 5) is 1.66. The van der Waals surface area contributed by atoms with E-state index in [-0.39, 0.29) is 0 Å². The predicted octanol–water partition coefficient (Wildman–Crippen LogP) is 2.86. The molecule has 0 aliphatic rings. The molecule has 0 spiro atoms. The summed E-state index contributed by atoms with van der Waals surface area (Å²) in [7, 11) is 1.81. The Bertz CT molecular complexity index is 496. The molecule has 0 amide bonds. The van der Waals surface area contributed by atoms with Crippen LogP contribution in [0.25, 0.3) is 10.1 Å². The molecule has 0 aliphatic heterocycles. The van der Waals surface area contributed by atoms with E-state index in [1.54, 1.807) is 16.2 Å². The zero-order chi connectivity index (χ0) is 10.7. The largest absolute Gasteiger partial charge is 0.313 e. The van der Waals surface area contributed by atoms with Crippen molar-refractivity contribution in [2.45, 2.75) is 6.42 Å². The molecule has 0 unspecified atom stereocenters. The minimum atomic E-state index is 0.789. The first-order chi connectivity index (χ1) is 7.31. The van der Waals surface area contributed by atoms with E-state index in [4.69, 9.17) is 5.26 Å². The Balaban J connectivity index is 2.19. The fourth-order valence-corrected chi connectivity index (χ4v) is 2.56. The number of fused-ring (bicyclic) bond motifs is 1. The highest BCUT2D eigenvalue weighted by Gasteiger charge is 2.03. The first-order valence-electron chi connectivity index (χ1n) is 4.87. The van der Waals surface area contributed by atoms with Crippen LogP contribution in [0.1, 0.15) is 5.56 Å². The molecule has 1 heterocycles. The Kier molecular flexibility index (Phi) is 2.89. The zero-order valence-corrected chi connectivity index (χ0v) is 9.42. The van der Waals surface area contributed by atoms with Crippen LogP contribution in [0.3, 0.4) is 0 Å². The van der Waals surface area contributed by atoms with Crippen LogP contribution in [-0.2, 0) is 6.42 Å². The van der Waals surface area contributed by atoms with Gasteiger partial charge in [0.25, 0.3) is 0 Å². The van der Waals surface area contributed by atoms with Gasteiger partial charge in [0, 0.05) is 18.3 Å². The van der Waals surface area contributed by atoms with Crippen LogP contribution in [-0.4, -0.2) is 18.5 Å². The third-order valence-corrected chi connectivity index (χ3v) is 3.46. The molecule has 76 valence electrons. The van der Waals surface area contributed by atoms with Gasteiger partial charge in [-0.2, -0.15) is 5.26 Å². The summed E-state index contributed by atoms with van der Waals surface area (Å²) in [5.41, 5.74) is 1.35. The van der Waals surface area contributed by atoms with Gasteiger partial charge < -0.3 is 4.90 Å². The molecular weight excluding hydrogens is 204 g/mol. The summed E-state index contributed by atoms with van der Waals surface area (Å²) in [5.74, 6) is 0. The second-order valence-corrected chi connectivity index (χ2v) is 4.44. The quantitative estimate of drug-likeness (QED) is 0.582. The highest BCUT2D eigenvalue weighted by Crippen LogP contribution is 2.25. The first-order valence-corrected chi connectivity index (χ1v) is 5.75. The average molecular weight is 216 g/mol. The van der Waals surface area contributed by atoms with Crippen LogP contribution in [0.2, 0.25) is 0 Å². The van der Waals surface area contributed by atoms with Gasteiger partial charge in [-0.25, -0.2) is 0 Å². The Hall–Kier alpha value is -1.53. The lowest BCUT2D eigenvalue weighted by atomic mass is 10.1. The van der Waals surface area contributed by atoms with Crippen LogP contribution in [0.5, 0.6) is 0 Å². The van der Waals surface area contributed by atoms with Crippen molar-refractivity contribution in [2.75, 3.05) is 13.6 Å². The minimum absolute atomic E-state index is 0.789. The average Bonchev–Trinajstić information content (AvgIpc) is 2.69. The Labute approximate surface area is 93.4 Å². The smallest absolute Gasteiger partial charge is 0.179 e. The Morgan fingerprint density at radius 1 is 1.40 bits per heavy atom. The number of likely N-dealkylation sites (N-methyl/N-ethyl adjacent to an activating group) is 1. The number of thiophene rings is 1. The van der Waals surface area contributed by atoms with Crippen LogP contribution >= 0.6 is 11.3 Å². The van der Waals surface area contributed by atoms with Crippen molar-refractivity contribution in [2.24, 2.45) is 0 Å². The fraction of sp³-hybridized carbons (Fsp3) is 0.250. The van der Waals surface area contributed by atoms with Gasteiger partial charge in [0.15, 0.2) is 6.19 Å². The third kappa shape index (κ3) is 2.11. The number of benzene rings is 1. The Morgan fingerprint density at radius 2 is 2.20 bits per heavy atom. The zero-order valence-electron chi connectivity index (χ0n) is 8.60. The van der Waals surface area contributed by atoms with Gasteiger partial charge in [-0.05, 0) is 28.8 Å². The lowest BCUT2D eigenvalue weighted by Crippen LogP contribution is -2.14. The van der Waals surface area contributed by atoms with Crippen molar-refractivity contribution in [1.29, 1.82) is 5.26 Å². The van der Waals surface area contributed by atoms with Crippen LogP contribution < -0.4 is 0 Å². The van der Waals surface area contributed by atoms with Crippen molar-refractivity contribution in [3.8, 4) is 6.19 Å². The van der Waals surface area contributed by atoms with Gasteiger partial charge in [-0.1, -0.05) is 18.2 Å². The fourth-order valence-electron chi connectivity index (χ4n) is 1.56. The van der Waals surface area contributed by atoms with Gasteiger partial charge in [0.05, 0.1) is 0 Å². The molecule has 3 heteroatoms. The van der Waals surface area contributed by atoms with Gasteiger partial charge in [0.1, 0.15) is 0 Å². The van der Waals surface area contributed by atoms with Crippen LogP contribution in [0, 0.1) is 11.5 Å². The standard InChI is InChI=1S/C12H12N2S/c1-14(9-13)7-6-10-8-15-12-5-3-2-4-11(10)12/h2-5,8H,6-7H2,1H3. The van der Waals surface area contributed by atoms with Crippen LogP contribution in [0.15, 0.2) is 29.6 Å². The summed E-state index contributed by atoms with van der Waals surface area (Å²) in [6.07, 6.45) is 3.05. The molecule has 0 N–H and O–H groups in total. The number of hydrogen-bond acceptors (Lipinski definition) is 3. The van der Waals surface area contributed by atoms with Crippen molar-refractivity contribution in [3.63, 3.8) is 0 Å². The van der Waals surface area contributed by atoms with E-state index in [9.17, 15) is 0 Å². The van der Waals surface area contributed by atoms with Gasteiger partial charge in [-0.15, -0.1) is 11.3 Å². The number of hydrogen-bond donors (Lipinski definition) is 0. The molecule has 0 radical (unpaired) electrons. The number of nitrogens with zero attached hydrogens (tertiary/aromatic N) is 2. The molecule has 1 aromatic heterocycles. The highest BCUT2D eigenvalue weighted by atomic mass is 32.1. The lowest BCUT2D eigenvalue weighted by molar-refractivity contribution is 0.479. The molecule has 2 rings (SSSR count). The molecule has 1 aromatic carbocycles. The van der Waals surface area contributed by atoms with E-state index in [0.29, 0.717) is 0 Å². The third-order valence-electron chi connectivity index (χ3n) is 2.45. The summed E-state index contributed by atoms with van der Waals surface area (Å²) in [5, 5.41) is 12.2. The summed E-state index contributed by atoms with van der Waals surface area (Å²) < 4.78 is 1.33. The van der Waals surface area contributed by atoms with Crippen molar-refractivity contribution < 1.29 is 0 Å². The Morgan fingerprint density at radius 3 is 3.00 bits per heavy atom. The second-order valence-electron chi connectivity index (χ2n) is 3.53. The van der Waals surface area contributed by atoms with Gasteiger partial charge in [-0.3, -0.25) is 0 Å². The first kappa shape index (κ1) is 10.0. The normalized spacial score (nSPS) is 10.1. The van der Waals surface area contributed by atoms with E-state index < -0.39 is 0 Å². The SMILES string of the molecule is CN(C#N)CCc1csc2ccccc12. The van der Waals surface area contributed by atoms with Crippen molar-refractivity contribution >= 4 is 21.4 Å². The van der Waals surface area contributed by atoms with E-state index in [2.05, 4.69) is 35.8 Å². The molecule has 0 saturated carbocycles. The van der Waals surface area contributed by atoms with E-state index in [1.165, 1.54) is 15.6 Å². The maximum atomic E-state index is 8.66. The number of rotatable bonds is 3. The predicted molar refractivity (Wildman–Crippen MR) is 63.8 cm³/mol. The van der Waals surface area contributed by atoms with E-state index >= 15 is 0 Å². The van der Waals surface area contributed by atoms with Crippen molar-refractivity contribution in [1.82, 2.24) is 4.90 Å². The second kappa shape index (κ2) is 4.33. The van der Waals surface area contributed by atoms with E-state index in [0.717, 1.165) is 13.0 Å². The molecule has 0 saturated heterocycles. The molecule has 2 aromatic rings. The molecular formula is C12H12N2S. The minimum Gasteiger partial charge on any atom is -0.313 e. The maximum Gasteiger partial charge on any atom is 0.179 e. The van der Waals surface area contributed by atoms with E-state index in [1.807, 2.05) is 7.05 Å². The van der Waals surface area contributed by atoms with Crippen molar-refractivity contribution in [3.05, 3.63) is 35.2 Å². The molecule has 0 bridgehead atoms. The summed E-state index contributed by atoms with van der Waals surface area (Å²) in [6.45, 7) is 0.789. The summed E-state index contributed by atoms with van der Waals surface area (Å²) >= 11 is 1.77.